The molecule has 6 nitrogen and oxygen atoms in total. The van der Waals surface area contributed by atoms with Crippen molar-refractivity contribution in [2.75, 3.05) is 20.1 Å². The lowest BCUT2D eigenvalue weighted by atomic mass is 9.66. The van der Waals surface area contributed by atoms with E-state index in [1.165, 1.54) is 7.05 Å². The average Bonchev–Trinajstić information content (AvgIpc) is 2.69. The highest BCUT2D eigenvalue weighted by Gasteiger charge is 2.58. The van der Waals surface area contributed by atoms with E-state index in [1.54, 1.807) is 48.5 Å². The van der Waals surface area contributed by atoms with E-state index in [2.05, 4.69) is 5.32 Å². The van der Waals surface area contributed by atoms with Gasteiger partial charge in [-0.05, 0) is 25.2 Å². The number of para-hydroxylation sites is 2. The molecule has 0 aliphatic carbocycles. The van der Waals surface area contributed by atoms with E-state index in [9.17, 15) is 14.7 Å². The van der Waals surface area contributed by atoms with Crippen LogP contribution in [0, 0.1) is 0 Å². The van der Waals surface area contributed by atoms with Gasteiger partial charge >= 0.3 is 5.97 Å². The van der Waals surface area contributed by atoms with Gasteiger partial charge in [0.1, 0.15) is 23.0 Å². The van der Waals surface area contributed by atoms with Crippen molar-refractivity contribution >= 4 is 11.9 Å². The van der Waals surface area contributed by atoms with Crippen molar-refractivity contribution in [2.24, 2.45) is 0 Å². The van der Waals surface area contributed by atoms with E-state index in [0.29, 0.717) is 35.7 Å². The molecular formula is C21H23N2O4. The summed E-state index contributed by atoms with van der Waals surface area (Å²) in [5, 5.41) is 14.4. The number of rotatable bonds is 6. The minimum absolute atomic E-state index is 0.444. The highest BCUT2D eigenvalue weighted by molar-refractivity contribution is 5.98. The first kappa shape index (κ1) is 18.9. The second-order valence-electron chi connectivity index (χ2n) is 6.39. The van der Waals surface area contributed by atoms with Crippen molar-refractivity contribution < 1.29 is 19.4 Å². The molecule has 1 radical (unpaired) electrons. The largest absolute Gasteiger partial charge is 0.480 e. The molecule has 27 heavy (non-hydrogen) atoms. The van der Waals surface area contributed by atoms with Crippen molar-refractivity contribution in [2.45, 2.75) is 25.3 Å². The lowest BCUT2D eigenvalue weighted by Crippen LogP contribution is -2.61. The summed E-state index contributed by atoms with van der Waals surface area (Å²) in [5.74, 6) is -0.675. The van der Waals surface area contributed by atoms with Crippen LogP contribution >= 0.6 is 0 Å². The van der Waals surface area contributed by atoms with Gasteiger partial charge in [-0.3, -0.25) is 19.8 Å². The van der Waals surface area contributed by atoms with Crippen LogP contribution in [0.3, 0.4) is 0 Å². The molecule has 1 aliphatic heterocycles. The Morgan fingerprint density at radius 1 is 1.04 bits per heavy atom. The van der Waals surface area contributed by atoms with Crippen LogP contribution in [0.25, 0.3) is 0 Å². The molecule has 1 heterocycles. The minimum atomic E-state index is -1.62. The summed E-state index contributed by atoms with van der Waals surface area (Å²) >= 11 is 0. The zero-order chi connectivity index (χ0) is 19.6. The van der Waals surface area contributed by atoms with Gasteiger partial charge in [-0.1, -0.05) is 50.2 Å². The maximum atomic E-state index is 13.0. The fourth-order valence-electron chi connectivity index (χ4n) is 3.99. The topological polar surface area (TPSA) is 80.9 Å². The number of carbonyl (C=O) groups is 2. The third-order valence-corrected chi connectivity index (χ3v) is 5.22. The zero-order valence-electron chi connectivity index (χ0n) is 15.7. The Labute approximate surface area is 158 Å². The summed E-state index contributed by atoms with van der Waals surface area (Å²) in [6.07, 6.45) is 0. The van der Waals surface area contributed by atoms with Crippen molar-refractivity contribution in [3.8, 4) is 11.5 Å². The fourth-order valence-corrected chi connectivity index (χ4v) is 3.99. The van der Waals surface area contributed by atoms with Gasteiger partial charge in [0, 0.05) is 18.2 Å². The molecule has 0 saturated carbocycles. The van der Waals surface area contributed by atoms with Gasteiger partial charge in [0.15, 0.2) is 0 Å². The number of aliphatic carboxylic acids is 1. The molecule has 2 aromatic rings. The van der Waals surface area contributed by atoms with Crippen LogP contribution in [-0.4, -0.2) is 48.1 Å². The SMILES string of the molecule is CCN(CC)C(C(=O)[N]C)C1(C(=O)O)c2ccccc2Oc2ccccc21. The quantitative estimate of drug-likeness (QED) is 0.849. The number of hydrogen-bond donors (Lipinski definition) is 1. The van der Waals surface area contributed by atoms with Gasteiger partial charge in [0.2, 0.25) is 0 Å². The molecule has 0 bridgehead atoms. The predicted octanol–water partition coefficient (Wildman–Crippen LogP) is 2.63. The Balaban J connectivity index is 2.42. The Morgan fingerprint density at radius 3 is 1.93 bits per heavy atom. The number of amides is 1. The lowest BCUT2D eigenvalue weighted by molar-refractivity contribution is -0.149. The van der Waals surface area contributed by atoms with Gasteiger partial charge in [0.05, 0.1) is 0 Å². The highest BCUT2D eigenvalue weighted by Crippen LogP contribution is 2.51. The lowest BCUT2D eigenvalue weighted by Gasteiger charge is -2.44. The molecule has 1 unspecified atom stereocenters. The molecule has 2 aromatic carbocycles. The Morgan fingerprint density at radius 2 is 1.52 bits per heavy atom. The number of fused-ring (bicyclic) bond motifs is 2. The Bertz CT molecular complexity index is 815. The predicted molar refractivity (Wildman–Crippen MR) is 101 cm³/mol. The van der Waals surface area contributed by atoms with Gasteiger partial charge in [-0.25, -0.2) is 0 Å². The molecule has 141 valence electrons. The Kier molecular flexibility index (Phi) is 5.19. The zero-order valence-corrected chi connectivity index (χ0v) is 15.7. The maximum Gasteiger partial charge on any atom is 0.321 e. The van der Waals surface area contributed by atoms with E-state index in [-0.39, 0.29) is 0 Å². The monoisotopic (exact) mass is 367 g/mol. The second-order valence-corrected chi connectivity index (χ2v) is 6.39. The maximum absolute atomic E-state index is 13.0. The van der Waals surface area contributed by atoms with Crippen molar-refractivity contribution in [3.63, 3.8) is 0 Å². The molecule has 1 aliphatic rings. The molecule has 0 aromatic heterocycles. The first-order chi connectivity index (χ1) is 13.0. The molecule has 0 fully saturated rings. The van der Waals surface area contributed by atoms with Crippen LogP contribution in [0.1, 0.15) is 25.0 Å². The molecule has 0 spiro atoms. The van der Waals surface area contributed by atoms with E-state index < -0.39 is 23.3 Å². The van der Waals surface area contributed by atoms with Gasteiger partial charge in [-0.15, -0.1) is 0 Å². The third kappa shape index (κ3) is 2.77. The van der Waals surface area contributed by atoms with Crippen LogP contribution in [0.2, 0.25) is 0 Å². The van der Waals surface area contributed by atoms with E-state index in [1.807, 2.05) is 18.7 Å². The van der Waals surface area contributed by atoms with Crippen molar-refractivity contribution in [1.29, 1.82) is 0 Å². The minimum Gasteiger partial charge on any atom is -0.480 e. The normalized spacial score (nSPS) is 15.3. The first-order valence-electron chi connectivity index (χ1n) is 9.00. The number of nitrogens with zero attached hydrogens (tertiary/aromatic N) is 2. The molecule has 6 heteroatoms. The van der Waals surface area contributed by atoms with Crippen molar-refractivity contribution in [1.82, 2.24) is 10.2 Å². The van der Waals surface area contributed by atoms with Crippen LogP contribution < -0.4 is 10.1 Å². The number of carboxylic acids is 1. The van der Waals surface area contributed by atoms with E-state index >= 15 is 0 Å². The Hall–Kier alpha value is -2.86. The summed E-state index contributed by atoms with van der Waals surface area (Å²) in [4.78, 5) is 27.8. The summed E-state index contributed by atoms with van der Waals surface area (Å²) < 4.78 is 5.97. The van der Waals surface area contributed by atoms with Crippen molar-refractivity contribution in [3.05, 3.63) is 59.7 Å². The van der Waals surface area contributed by atoms with Crippen LogP contribution in [0.4, 0.5) is 0 Å². The standard InChI is InChI=1S/C21H23N2O4/c1-4-23(5-2)18(19(24)22-3)21(20(25)26)14-10-6-8-12-16(14)27-17-13-9-7-11-15(17)21/h6-13,18H,4-5H2,1-3H3,(H,25,26). The van der Waals surface area contributed by atoms with Gasteiger partial charge in [-0.2, -0.15) is 0 Å². The average molecular weight is 367 g/mol. The first-order valence-corrected chi connectivity index (χ1v) is 9.00. The van der Waals surface area contributed by atoms with Gasteiger partial charge in [0.25, 0.3) is 5.91 Å². The van der Waals surface area contributed by atoms with E-state index in [4.69, 9.17) is 4.74 Å². The molecule has 1 N–H and O–H groups in total. The summed E-state index contributed by atoms with van der Waals surface area (Å²) in [7, 11) is 1.41. The molecule has 0 saturated heterocycles. The molecular weight excluding hydrogens is 344 g/mol. The number of carboxylic acid groups (broad SMARTS) is 1. The van der Waals surface area contributed by atoms with Crippen LogP contribution in [-0.2, 0) is 15.0 Å². The summed E-state index contributed by atoms with van der Waals surface area (Å²) in [5.41, 5.74) is -0.691. The van der Waals surface area contributed by atoms with Crippen LogP contribution in [0.5, 0.6) is 11.5 Å². The molecule has 1 atom stereocenters. The summed E-state index contributed by atoms with van der Waals surface area (Å²) in [6.45, 7) is 4.85. The molecule has 1 amide bonds. The third-order valence-electron chi connectivity index (χ3n) is 5.22. The van der Waals surface area contributed by atoms with Crippen LogP contribution in [0.15, 0.2) is 48.5 Å². The smallest absolute Gasteiger partial charge is 0.321 e. The second kappa shape index (κ2) is 7.40. The number of carbonyl (C=O) groups excluding carboxylic acids is 1. The fraction of sp³-hybridized carbons (Fsp3) is 0.333. The van der Waals surface area contributed by atoms with E-state index in [0.717, 1.165) is 0 Å². The molecule has 3 rings (SSSR count). The number of likely N-dealkylation sites (N-methyl/N-ethyl adjacent to an activating group) is 2. The number of benzene rings is 2. The number of ether oxygens (including phenoxy) is 1. The van der Waals surface area contributed by atoms with Gasteiger partial charge < -0.3 is 9.84 Å². The number of hydrogen-bond acceptors (Lipinski definition) is 4. The highest BCUT2D eigenvalue weighted by atomic mass is 16.5. The summed E-state index contributed by atoms with van der Waals surface area (Å²) in [6, 6.07) is 13.0.